The van der Waals surface area contributed by atoms with Crippen molar-refractivity contribution in [3.63, 3.8) is 0 Å². The van der Waals surface area contributed by atoms with Gasteiger partial charge in [0.05, 0.1) is 0 Å². The zero-order chi connectivity index (χ0) is 11.8. The lowest BCUT2D eigenvalue weighted by atomic mass is 10.3. The second-order valence-electron chi connectivity index (χ2n) is 3.51. The van der Waals surface area contributed by atoms with Gasteiger partial charge in [-0.05, 0) is 37.2 Å². The zero-order valence-corrected chi connectivity index (χ0v) is 10.4. The molecular formula is C13H22N2O. The summed E-state index contributed by atoms with van der Waals surface area (Å²) in [4.78, 5) is 0. The maximum Gasteiger partial charge on any atom is 0.119 e. The third kappa shape index (κ3) is 3.74. The number of nitrogens with one attached hydrogen (secondary N) is 2. The van der Waals surface area contributed by atoms with Gasteiger partial charge in [0.15, 0.2) is 0 Å². The van der Waals surface area contributed by atoms with E-state index in [4.69, 9.17) is 4.74 Å². The highest BCUT2D eigenvalue weighted by molar-refractivity contribution is 5.45. The predicted octanol–water partition coefficient (Wildman–Crippen LogP) is 2.50. The van der Waals surface area contributed by atoms with Crippen LogP contribution in [0.15, 0.2) is 24.3 Å². The van der Waals surface area contributed by atoms with Gasteiger partial charge in [0.2, 0.25) is 0 Å². The first-order valence-corrected chi connectivity index (χ1v) is 6.03. The highest BCUT2D eigenvalue weighted by Crippen LogP contribution is 2.17. The topological polar surface area (TPSA) is 33.3 Å². The van der Waals surface area contributed by atoms with Crippen LogP contribution in [-0.2, 0) is 0 Å². The molecule has 1 aromatic rings. The summed E-state index contributed by atoms with van der Waals surface area (Å²) < 4.78 is 5.78. The first-order valence-electron chi connectivity index (χ1n) is 6.03. The Morgan fingerprint density at radius 1 is 1.25 bits per heavy atom. The Morgan fingerprint density at radius 2 is 1.94 bits per heavy atom. The van der Waals surface area contributed by atoms with Crippen molar-refractivity contribution in [3.05, 3.63) is 24.3 Å². The van der Waals surface area contributed by atoms with Gasteiger partial charge in [-0.2, -0.15) is 0 Å². The molecule has 1 atom stereocenters. The minimum Gasteiger partial charge on any atom is -0.489 e. The SMILES string of the molecule is CC.CNc1ccc(OC2CCNC2)cc1. The van der Waals surface area contributed by atoms with E-state index in [1.165, 1.54) is 0 Å². The Bertz CT molecular complexity index is 278. The molecule has 0 amide bonds. The van der Waals surface area contributed by atoms with E-state index in [1.807, 2.05) is 45.2 Å². The molecule has 16 heavy (non-hydrogen) atoms. The summed E-state index contributed by atoms with van der Waals surface area (Å²) in [6.07, 6.45) is 1.45. The summed E-state index contributed by atoms with van der Waals surface area (Å²) in [6, 6.07) is 8.06. The van der Waals surface area contributed by atoms with E-state index in [9.17, 15) is 0 Å². The van der Waals surface area contributed by atoms with Crippen LogP contribution < -0.4 is 15.4 Å². The first-order chi connectivity index (χ1) is 7.88. The molecule has 0 bridgehead atoms. The number of rotatable bonds is 3. The molecule has 3 heteroatoms. The van der Waals surface area contributed by atoms with Crippen molar-refractivity contribution in [2.45, 2.75) is 26.4 Å². The molecule has 1 aliphatic heterocycles. The third-order valence-corrected chi connectivity index (χ3v) is 2.46. The second kappa shape index (κ2) is 7.12. The number of anilines is 1. The molecule has 0 spiro atoms. The first kappa shape index (κ1) is 12.8. The number of ether oxygens (including phenoxy) is 1. The molecule has 1 saturated heterocycles. The van der Waals surface area contributed by atoms with E-state index < -0.39 is 0 Å². The van der Waals surface area contributed by atoms with E-state index in [-0.39, 0.29) is 0 Å². The molecule has 3 nitrogen and oxygen atoms in total. The summed E-state index contributed by atoms with van der Waals surface area (Å²) >= 11 is 0. The van der Waals surface area contributed by atoms with Crippen LogP contribution in [0.3, 0.4) is 0 Å². The van der Waals surface area contributed by atoms with Crippen LogP contribution in [0.4, 0.5) is 5.69 Å². The average Bonchev–Trinajstić information content (AvgIpc) is 2.86. The lowest BCUT2D eigenvalue weighted by molar-refractivity contribution is 0.223. The van der Waals surface area contributed by atoms with Gasteiger partial charge in [0.25, 0.3) is 0 Å². The number of hydrogen-bond donors (Lipinski definition) is 2. The Labute approximate surface area is 98.2 Å². The number of benzene rings is 1. The van der Waals surface area contributed by atoms with Crippen LogP contribution in [0.25, 0.3) is 0 Å². The molecular weight excluding hydrogens is 200 g/mol. The lowest BCUT2D eigenvalue weighted by Crippen LogP contribution is -2.19. The normalized spacial score (nSPS) is 18.6. The highest BCUT2D eigenvalue weighted by atomic mass is 16.5. The van der Waals surface area contributed by atoms with E-state index in [1.54, 1.807) is 0 Å². The van der Waals surface area contributed by atoms with Crippen LogP contribution in [0.1, 0.15) is 20.3 Å². The molecule has 1 aromatic carbocycles. The Balaban J connectivity index is 0.000000606. The molecule has 2 rings (SSSR count). The maximum absolute atomic E-state index is 5.78. The van der Waals surface area contributed by atoms with Crippen LogP contribution >= 0.6 is 0 Å². The van der Waals surface area contributed by atoms with Gasteiger partial charge in [-0.15, -0.1) is 0 Å². The van der Waals surface area contributed by atoms with Crippen LogP contribution in [0.5, 0.6) is 5.75 Å². The van der Waals surface area contributed by atoms with Crippen LogP contribution in [0.2, 0.25) is 0 Å². The molecule has 0 radical (unpaired) electrons. The molecule has 1 heterocycles. The van der Waals surface area contributed by atoms with E-state index in [0.717, 1.165) is 30.9 Å². The monoisotopic (exact) mass is 222 g/mol. The smallest absolute Gasteiger partial charge is 0.119 e. The fraction of sp³-hybridized carbons (Fsp3) is 0.538. The molecule has 90 valence electrons. The van der Waals surface area contributed by atoms with Crippen molar-refractivity contribution >= 4 is 5.69 Å². The van der Waals surface area contributed by atoms with Crippen LogP contribution in [-0.4, -0.2) is 26.2 Å². The number of hydrogen-bond acceptors (Lipinski definition) is 3. The van der Waals surface area contributed by atoms with Crippen molar-refractivity contribution in [2.75, 3.05) is 25.5 Å². The van der Waals surface area contributed by atoms with Gasteiger partial charge in [0, 0.05) is 19.3 Å². The fourth-order valence-electron chi connectivity index (χ4n) is 1.62. The minimum atomic E-state index is 0.343. The average molecular weight is 222 g/mol. The summed E-state index contributed by atoms with van der Waals surface area (Å²) in [7, 11) is 1.91. The Kier molecular flexibility index (Phi) is 5.72. The van der Waals surface area contributed by atoms with Crippen molar-refractivity contribution in [3.8, 4) is 5.75 Å². The second-order valence-corrected chi connectivity index (χ2v) is 3.51. The van der Waals surface area contributed by atoms with Crippen LogP contribution in [0, 0.1) is 0 Å². The Hall–Kier alpha value is -1.22. The predicted molar refractivity (Wildman–Crippen MR) is 69.2 cm³/mol. The molecule has 0 aromatic heterocycles. The molecule has 1 fully saturated rings. The summed E-state index contributed by atoms with van der Waals surface area (Å²) in [6.45, 7) is 6.03. The Morgan fingerprint density at radius 3 is 2.44 bits per heavy atom. The molecule has 2 N–H and O–H groups in total. The van der Waals surface area contributed by atoms with Gasteiger partial charge >= 0.3 is 0 Å². The lowest BCUT2D eigenvalue weighted by Gasteiger charge is -2.12. The summed E-state index contributed by atoms with van der Waals surface area (Å²) in [5.41, 5.74) is 1.11. The molecule has 1 unspecified atom stereocenters. The molecule has 0 saturated carbocycles. The van der Waals surface area contributed by atoms with Crippen molar-refractivity contribution in [1.29, 1.82) is 0 Å². The summed E-state index contributed by atoms with van der Waals surface area (Å²) in [5.74, 6) is 0.956. The maximum atomic E-state index is 5.78. The third-order valence-electron chi connectivity index (χ3n) is 2.46. The molecule has 0 aliphatic carbocycles. The standard InChI is InChI=1S/C11H16N2O.C2H6/c1-12-9-2-4-10(5-3-9)14-11-6-7-13-8-11;1-2/h2-5,11-13H,6-8H2,1H3;1-2H3. The van der Waals surface area contributed by atoms with Gasteiger partial charge in [-0.1, -0.05) is 13.8 Å². The zero-order valence-electron chi connectivity index (χ0n) is 10.4. The minimum absolute atomic E-state index is 0.343. The van der Waals surface area contributed by atoms with Gasteiger partial charge in [0.1, 0.15) is 11.9 Å². The van der Waals surface area contributed by atoms with Crippen molar-refractivity contribution in [1.82, 2.24) is 5.32 Å². The van der Waals surface area contributed by atoms with Crippen molar-refractivity contribution in [2.24, 2.45) is 0 Å². The van der Waals surface area contributed by atoms with Gasteiger partial charge in [-0.25, -0.2) is 0 Å². The fourth-order valence-corrected chi connectivity index (χ4v) is 1.62. The quantitative estimate of drug-likeness (QED) is 0.824. The van der Waals surface area contributed by atoms with Gasteiger partial charge in [-0.3, -0.25) is 0 Å². The van der Waals surface area contributed by atoms with E-state index in [2.05, 4.69) is 10.6 Å². The van der Waals surface area contributed by atoms with E-state index in [0.29, 0.717) is 6.10 Å². The van der Waals surface area contributed by atoms with Gasteiger partial charge < -0.3 is 15.4 Å². The molecule has 1 aliphatic rings. The highest BCUT2D eigenvalue weighted by Gasteiger charge is 2.15. The summed E-state index contributed by atoms with van der Waals surface area (Å²) in [5, 5.41) is 6.36. The van der Waals surface area contributed by atoms with E-state index >= 15 is 0 Å². The largest absolute Gasteiger partial charge is 0.489 e. The van der Waals surface area contributed by atoms with Crippen molar-refractivity contribution < 1.29 is 4.74 Å².